The van der Waals surface area contributed by atoms with Gasteiger partial charge in [-0.25, -0.2) is 4.39 Å². The lowest BCUT2D eigenvalue weighted by Crippen LogP contribution is -1.83. The van der Waals surface area contributed by atoms with Crippen LogP contribution in [0.3, 0.4) is 0 Å². The van der Waals surface area contributed by atoms with Gasteiger partial charge in [0.05, 0.1) is 0 Å². The van der Waals surface area contributed by atoms with Crippen molar-refractivity contribution in [2.45, 2.75) is 0 Å². The molecule has 0 N–H and O–H groups in total. The smallest absolute Gasteiger partial charge is 0.131 e. The average molecular weight is 298 g/mol. The van der Waals surface area contributed by atoms with Gasteiger partial charge in [0.2, 0.25) is 0 Å². The highest BCUT2D eigenvalue weighted by atomic mass is 127. The molecule has 0 amide bonds. The summed E-state index contributed by atoms with van der Waals surface area (Å²) < 4.78 is 14.5. The molecule has 0 atom stereocenters. The summed E-state index contributed by atoms with van der Waals surface area (Å²) >= 11 is 2.23. The molecular weight excluding hydrogens is 290 g/mol. The average Bonchev–Trinajstić information content (AvgIpc) is 2.20. The van der Waals surface area contributed by atoms with Gasteiger partial charge in [0, 0.05) is 9.13 Å². The van der Waals surface area contributed by atoms with Crippen LogP contribution in [0.4, 0.5) is 4.39 Å². The molecule has 70 valence electrons. The largest absolute Gasteiger partial charge is 0.206 e. The van der Waals surface area contributed by atoms with Crippen molar-refractivity contribution in [1.82, 2.24) is 0 Å². The van der Waals surface area contributed by atoms with E-state index in [1.165, 1.54) is 6.07 Å². The van der Waals surface area contributed by atoms with Crippen LogP contribution in [0.2, 0.25) is 0 Å². The van der Waals surface area contributed by atoms with Crippen molar-refractivity contribution in [3.63, 3.8) is 0 Å². The lowest BCUT2D eigenvalue weighted by molar-refractivity contribution is 0.631. The van der Waals surface area contributed by atoms with Gasteiger partial charge in [-0.2, -0.15) is 0 Å². The molecule has 14 heavy (non-hydrogen) atoms. The van der Waals surface area contributed by atoms with Gasteiger partial charge >= 0.3 is 0 Å². The molecule has 0 heterocycles. The highest BCUT2D eigenvalue weighted by Crippen LogP contribution is 2.22. The molecule has 2 aromatic carbocycles. The Balaban J connectivity index is 2.50. The predicted octanol–water partition coefficient (Wildman–Crippen LogP) is 4.10. The quantitative estimate of drug-likeness (QED) is 0.695. The van der Waals surface area contributed by atoms with E-state index < -0.39 is 0 Å². The summed E-state index contributed by atoms with van der Waals surface area (Å²) in [5.74, 6) is -0.172. The van der Waals surface area contributed by atoms with E-state index in [4.69, 9.17) is 0 Å². The molecule has 0 bridgehead atoms. The number of rotatable bonds is 1. The third-order valence-corrected chi connectivity index (χ3v) is 2.75. The van der Waals surface area contributed by atoms with Crippen LogP contribution in [0.1, 0.15) is 0 Å². The first-order valence-electron chi connectivity index (χ1n) is 4.28. The summed E-state index contributed by atoms with van der Waals surface area (Å²) in [4.78, 5) is 0. The van der Waals surface area contributed by atoms with E-state index in [-0.39, 0.29) is 5.82 Å². The first kappa shape index (κ1) is 9.65. The van der Waals surface area contributed by atoms with Crippen molar-refractivity contribution in [2.75, 3.05) is 0 Å². The van der Waals surface area contributed by atoms with Crippen LogP contribution >= 0.6 is 22.6 Å². The zero-order valence-electron chi connectivity index (χ0n) is 7.37. The molecule has 2 rings (SSSR count). The third-order valence-electron chi connectivity index (χ3n) is 2.03. The fourth-order valence-electron chi connectivity index (χ4n) is 1.32. The van der Waals surface area contributed by atoms with Gasteiger partial charge in [-0.15, -0.1) is 0 Å². The minimum absolute atomic E-state index is 0.172. The van der Waals surface area contributed by atoms with Gasteiger partial charge in [-0.1, -0.05) is 30.3 Å². The van der Waals surface area contributed by atoms with Crippen molar-refractivity contribution in [3.05, 3.63) is 57.9 Å². The summed E-state index contributed by atoms with van der Waals surface area (Å²) in [5, 5.41) is 0. The fourth-order valence-corrected chi connectivity index (χ4v) is 1.68. The van der Waals surface area contributed by atoms with Crippen LogP contribution in [0.5, 0.6) is 0 Å². The number of halogens is 2. The molecule has 0 aromatic heterocycles. The highest BCUT2D eigenvalue weighted by Gasteiger charge is 2.02. The molecule has 2 heteroatoms. The van der Waals surface area contributed by atoms with E-state index in [1.807, 2.05) is 30.3 Å². The Labute approximate surface area is 95.9 Å². The van der Waals surface area contributed by atoms with Crippen LogP contribution in [0, 0.1) is 9.39 Å². The minimum atomic E-state index is -0.172. The monoisotopic (exact) mass is 298 g/mol. The predicted molar refractivity (Wildman–Crippen MR) is 64.6 cm³/mol. The van der Waals surface area contributed by atoms with Crippen molar-refractivity contribution < 1.29 is 4.39 Å². The normalized spacial score (nSPS) is 10.1. The van der Waals surface area contributed by atoms with E-state index in [1.54, 1.807) is 12.1 Å². The zero-order valence-corrected chi connectivity index (χ0v) is 9.53. The van der Waals surface area contributed by atoms with E-state index in [0.717, 1.165) is 9.13 Å². The molecule has 0 saturated carbocycles. The first-order valence-corrected chi connectivity index (χ1v) is 5.36. The molecule has 2 aromatic rings. The van der Waals surface area contributed by atoms with Crippen molar-refractivity contribution in [1.29, 1.82) is 0 Å². The fraction of sp³-hybridized carbons (Fsp3) is 0. The highest BCUT2D eigenvalue weighted by molar-refractivity contribution is 14.1. The third kappa shape index (κ3) is 1.95. The Morgan fingerprint density at radius 3 is 2.14 bits per heavy atom. The van der Waals surface area contributed by atoms with Gasteiger partial charge in [0.25, 0.3) is 0 Å². The number of benzene rings is 2. The van der Waals surface area contributed by atoms with Crippen LogP contribution in [-0.4, -0.2) is 0 Å². The molecule has 0 unspecified atom stereocenters. The Morgan fingerprint density at radius 2 is 1.50 bits per heavy atom. The standard InChI is InChI=1S/C12H8FI/c13-12-4-2-1-3-11(12)9-5-7-10(14)8-6-9/h1-8H. The Kier molecular flexibility index (Phi) is 2.82. The molecular formula is C12H8FI. The number of hydrogen-bond donors (Lipinski definition) is 0. The summed E-state index contributed by atoms with van der Waals surface area (Å²) in [6.45, 7) is 0. The molecule has 0 aliphatic heterocycles. The maximum atomic E-state index is 13.4. The minimum Gasteiger partial charge on any atom is -0.206 e. The van der Waals surface area contributed by atoms with Crippen LogP contribution in [-0.2, 0) is 0 Å². The molecule has 0 nitrogen and oxygen atoms in total. The lowest BCUT2D eigenvalue weighted by atomic mass is 10.1. The molecule has 0 aliphatic carbocycles. The van der Waals surface area contributed by atoms with Gasteiger partial charge < -0.3 is 0 Å². The molecule has 0 radical (unpaired) electrons. The van der Waals surface area contributed by atoms with Crippen molar-refractivity contribution >= 4 is 22.6 Å². The van der Waals surface area contributed by atoms with Crippen molar-refractivity contribution in [2.24, 2.45) is 0 Å². The Bertz CT molecular complexity index is 434. The van der Waals surface area contributed by atoms with Gasteiger partial charge in [-0.05, 0) is 46.4 Å². The first-order chi connectivity index (χ1) is 6.77. The maximum absolute atomic E-state index is 13.4. The molecule has 0 saturated heterocycles. The van der Waals surface area contributed by atoms with Crippen molar-refractivity contribution in [3.8, 4) is 11.1 Å². The SMILES string of the molecule is Fc1ccccc1-c1ccc(I)cc1. The van der Waals surface area contributed by atoms with Gasteiger partial charge in [0.15, 0.2) is 0 Å². The Morgan fingerprint density at radius 1 is 0.857 bits per heavy atom. The van der Waals surface area contributed by atoms with Crippen LogP contribution in [0.15, 0.2) is 48.5 Å². The second-order valence-electron chi connectivity index (χ2n) is 2.99. The second-order valence-corrected chi connectivity index (χ2v) is 4.23. The van der Waals surface area contributed by atoms with Gasteiger partial charge in [0.1, 0.15) is 5.82 Å². The summed E-state index contributed by atoms with van der Waals surface area (Å²) in [7, 11) is 0. The Hall–Kier alpha value is -0.900. The van der Waals surface area contributed by atoms with E-state index in [2.05, 4.69) is 22.6 Å². The number of hydrogen-bond acceptors (Lipinski definition) is 0. The maximum Gasteiger partial charge on any atom is 0.131 e. The summed E-state index contributed by atoms with van der Waals surface area (Å²) in [6, 6.07) is 14.6. The van der Waals surface area contributed by atoms with E-state index in [9.17, 15) is 4.39 Å². The van der Waals surface area contributed by atoms with Gasteiger partial charge in [-0.3, -0.25) is 0 Å². The topological polar surface area (TPSA) is 0 Å². The zero-order chi connectivity index (χ0) is 9.97. The molecule has 0 aliphatic rings. The molecule has 0 fully saturated rings. The van der Waals surface area contributed by atoms with Crippen LogP contribution in [0.25, 0.3) is 11.1 Å². The summed E-state index contributed by atoms with van der Waals surface area (Å²) in [5.41, 5.74) is 1.58. The van der Waals surface area contributed by atoms with E-state index in [0.29, 0.717) is 5.56 Å². The molecule has 0 spiro atoms. The second kappa shape index (κ2) is 4.09. The van der Waals surface area contributed by atoms with Crippen LogP contribution < -0.4 is 0 Å². The van der Waals surface area contributed by atoms with E-state index >= 15 is 0 Å². The summed E-state index contributed by atoms with van der Waals surface area (Å²) in [6.07, 6.45) is 0. The lowest BCUT2D eigenvalue weighted by Gasteiger charge is -2.02.